The fourth-order valence-corrected chi connectivity index (χ4v) is 1.74. The topological polar surface area (TPSA) is 23.5 Å². The number of rotatable bonds is 8. The van der Waals surface area contributed by atoms with E-state index < -0.39 is 0 Å². The molecule has 0 aromatic heterocycles. The molecule has 0 saturated carbocycles. The first-order valence-electron chi connectivity index (χ1n) is 6.73. The van der Waals surface area contributed by atoms with Crippen molar-refractivity contribution in [3.63, 3.8) is 0 Å². The Morgan fingerprint density at radius 3 is 2.06 bits per heavy atom. The molecular weight excluding hydrogens is 198 g/mol. The molecule has 0 bridgehead atoms. The molecule has 0 spiro atoms. The molecule has 0 fully saturated rings. The Morgan fingerprint density at radius 1 is 1.12 bits per heavy atom. The molecule has 0 rings (SSSR count). The molecule has 0 aromatic carbocycles. The van der Waals surface area contributed by atoms with Gasteiger partial charge in [-0.05, 0) is 33.7 Å². The molecule has 0 aromatic rings. The molecular formula is C14H31NO. The van der Waals surface area contributed by atoms with Crippen molar-refractivity contribution in [1.82, 2.24) is 4.90 Å². The molecule has 1 N–H and O–H groups in total. The van der Waals surface area contributed by atoms with Crippen LogP contribution in [0.2, 0.25) is 0 Å². The summed E-state index contributed by atoms with van der Waals surface area (Å²) in [7, 11) is 0. The van der Waals surface area contributed by atoms with Crippen LogP contribution in [-0.4, -0.2) is 35.2 Å². The third-order valence-corrected chi connectivity index (χ3v) is 3.52. The number of hydrogen-bond donors (Lipinski definition) is 1. The van der Waals surface area contributed by atoms with E-state index >= 15 is 0 Å². The highest BCUT2D eigenvalue weighted by Crippen LogP contribution is 2.23. The van der Waals surface area contributed by atoms with Gasteiger partial charge < -0.3 is 10.0 Å². The van der Waals surface area contributed by atoms with Crippen LogP contribution in [0.5, 0.6) is 0 Å². The third kappa shape index (κ3) is 5.86. The highest BCUT2D eigenvalue weighted by atomic mass is 16.3. The van der Waals surface area contributed by atoms with Crippen molar-refractivity contribution >= 4 is 0 Å². The van der Waals surface area contributed by atoms with Gasteiger partial charge in [0, 0.05) is 18.0 Å². The zero-order chi connectivity index (χ0) is 12.8. The first kappa shape index (κ1) is 15.9. The van der Waals surface area contributed by atoms with Gasteiger partial charge in [-0.3, -0.25) is 0 Å². The predicted molar refractivity (Wildman–Crippen MR) is 71.7 cm³/mol. The molecule has 16 heavy (non-hydrogen) atoms. The van der Waals surface area contributed by atoms with Crippen LogP contribution in [0.1, 0.15) is 60.8 Å². The molecule has 0 aliphatic heterocycles. The zero-order valence-corrected chi connectivity index (χ0v) is 12.1. The van der Waals surface area contributed by atoms with E-state index in [0.29, 0.717) is 6.04 Å². The van der Waals surface area contributed by atoms with Crippen LogP contribution >= 0.6 is 0 Å². The van der Waals surface area contributed by atoms with Crippen LogP contribution in [0.3, 0.4) is 0 Å². The number of nitrogens with zero attached hydrogens (tertiary/aromatic N) is 1. The van der Waals surface area contributed by atoms with E-state index in [1.165, 1.54) is 19.3 Å². The molecule has 0 aliphatic rings. The van der Waals surface area contributed by atoms with E-state index in [1.54, 1.807) is 0 Å². The van der Waals surface area contributed by atoms with Crippen molar-refractivity contribution in [3.05, 3.63) is 0 Å². The highest BCUT2D eigenvalue weighted by molar-refractivity contribution is 4.80. The van der Waals surface area contributed by atoms with Crippen LogP contribution in [0.25, 0.3) is 0 Å². The monoisotopic (exact) mass is 229 g/mol. The maximum Gasteiger partial charge on any atom is 0.0575 e. The summed E-state index contributed by atoms with van der Waals surface area (Å²) >= 11 is 0. The van der Waals surface area contributed by atoms with Gasteiger partial charge in [-0.15, -0.1) is 0 Å². The summed E-state index contributed by atoms with van der Waals surface area (Å²) in [6, 6.07) is 0.565. The molecule has 1 atom stereocenters. The molecule has 0 radical (unpaired) electrons. The Bertz CT molecular complexity index is 176. The van der Waals surface area contributed by atoms with Crippen molar-refractivity contribution in [2.24, 2.45) is 5.41 Å². The molecule has 0 heterocycles. The first-order valence-corrected chi connectivity index (χ1v) is 6.73. The van der Waals surface area contributed by atoms with E-state index in [4.69, 9.17) is 0 Å². The molecule has 0 amide bonds. The highest BCUT2D eigenvalue weighted by Gasteiger charge is 2.27. The largest absolute Gasteiger partial charge is 0.393 e. The second-order valence-electron chi connectivity index (χ2n) is 5.94. The van der Waals surface area contributed by atoms with Gasteiger partial charge in [-0.2, -0.15) is 0 Å². The fraction of sp³-hybridized carbons (Fsp3) is 1.00. The minimum atomic E-state index is -0.250. The summed E-state index contributed by atoms with van der Waals surface area (Å²) in [5.41, 5.74) is -0.0174. The first-order chi connectivity index (χ1) is 7.31. The van der Waals surface area contributed by atoms with E-state index in [2.05, 4.69) is 39.5 Å². The lowest BCUT2D eigenvalue weighted by atomic mass is 9.86. The second-order valence-corrected chi connectivity index (χ2v) is 5.94. The third-order valence-electron chi connectivity index (χ3n) is 3.52. The van der Waals surface area contributed by atoms with E-state index in [-0.39, 0.29) is 11.5 Å². The second kappa shape index (κ2) is 7.29. The Hall–Kier alpha value is -0.0800. The van der Waals surface area contributed by atoms with Gasteiger partial charge in [0.25, 0.3) is 0 Å². The van der Waals surface area contributed by atoms with Crippen LogP contribution in [0.4, 0.5) is 0 Å². The summed E-state index contributed by atoms with van der Waals surface area (Å²) in [5.74, 6) is 0. The lowest BCUT2D eigenvalue weighted by Gasteiger charge is -2.37. The maximum absolute atomic E-state index is 9.76. The molecule has 0 saturated heterocycles. The number of aliphatic hydroxyl groups excluding tert-OH is 1. The van der Waals surface area contributed by atoms with E-state index in [1.807, 2.05) is 6.92 Å². The lowest BCUT2D eigenvalue weighted by molar-refractivity contribution is 0.0255. The lowest BCUT2D eigenvalue weighted by Crippen LogP contribution is -2.43. The van der Waals surface area contributed by atoms with Crippen LogP contribution in [-0.2, 0) is 0 Å². The van der Waals surface area contributed by atoms with Gasteiger partial charge in [-0.25, -0.2) is 0 Å². The van der Waals surface area contributed by atoms with Crippen molar-refractivity contribution in [2.45, 2.75) is 73.0 Å². The number of hydrogen-bond acceptors (Lipinski definition) is 2. The minimum absolute atomic E-state index is 0.0174. The summed E-state index contributed by atoms with van der Waals surface area (Å²) in [4.78, 5) is 2.49. The van der Waals surface area contributed by atoms with Crippen molar-refractivity contribution in [1.29, 1.82) is 0 Å². The molecule has 2 heteroatoms. The quantitative estimate of drug-likeness (QED) is 0.646. The molecule has 2 nitrogen and oxygen atoms in total. The van der Waals surface area contributed by atoms with Crippen LogP contribution in [0, 0.1) is 5.41 Å². The summed E-state index contributed by atoms with van der Waals surface area (Å²) in [6.45, 7) is 15.0. The fourth-order valence-electron chi connectivity index (χ4n) is 1.74. The Morgan fingerprint density at radius 2 is 1.69 bits per heavy atom. The SMILES string of the molecule is CCCCCN(CC(C)(C)C(C)O)C(C)C. The average Bonchev–Trinajstić information content (AvgIpc) is 2.16. The summed E-state index contributed by atoms with van der Waals surface area (Å²) in [6.07, 6.45) is 3.59. The van der Waals surface area contributed by atoms with Crippen molar-refractivity contribution < 1.29 is 5.11 Å². The normalized spacial score (nSPS) is 14.8. The van der Waals surface area contributed by atoms with Gasteiger partial charge in [-0.1, -0.05) is 33.6 Å². The smallest absolute Gasteiger partial charge is 0.0575 e. The Labute approximate surface area is 102 Å². The average molecular weight is 229 g/mol. The Kier molecular flexibility index (Phi) is 7.25. The van der Waals surface area contributed by atoms with Gasteiger partial charge in [0.1, 0.15) is 0 Å². The number of aliphatic hydroxyl groups is 1. The van der Waals surface area contributed by atoms with Gasteiger partial charge >= 0.3 is 0 Å². The van der Waals surface area contributed by atoms with Gasteiger partial charge in [0.05, 0.1) is 6.10 Å². The molecule has 1 unspecified atom stereocenters. The maximum atomic E-state index is 9.76. The predicted octanol–water partition coefficient (Wildman–Crippen LogP) is 3.29. The Balaban J connectivity index is 4.22. The van der Waals surface area contributed by atoms with Gasteiger partial charge in [0.15, 0.2) is 0 Å². The van der Waals surface area contributed by atoms with Crippen LogP contribution < -0.4 is 0 Å². The van der Waals surface area contributed by atoms with E-state index in [0.717, 1.165) is 13.1 Å². The van der Waals surface area contributed by atoms with Gasteiger partial charge in [0.2, 0.25) is 0 Å². The minimum Gasteiger partial charge on any atom is -0.393 e. The van der Waals surface area contributed by atoms with E-state index in [9.17, 15) is 5.11 Å². The van der Waals surface area contributed by atoms with Crippen molar-refractivity contribution in [3.8, 4) is 0 Å². The van der Waals surface area contributed by atoms with Crippen LogP contribution in [0.15, 0.2) is 0 Å². The molecule has 0 aliphatic carbocycles. The standard InChI is InChI=1S/C14H31NO/c1-7-8-9-10-15(12(2)3)11-14(5,6)13(4)16/h12-13,16H,7-11H2,1-6H3. The zero-order valence-electron chi connectivity index (χ0n) is 12.1. The summed E-state index contributed by atoms with van der Waals surface area (Å²) < 4.78 is 0. The summed E-state index contributed by atoms with van der Waals surface area (Å²) in [5, 5.41) is 9.76. The molecule has 98 valence electrons. The number of unbranched alkanes of at least 4 members (excludes halogenated alkanes) is 2. The van der Waals surface area contributed by atoms with Crippen molar-refractivity contribution in [2.75, 3.05) is 13.1 Å².